The average Bonchev–Trinajstić information content (AvgIpc) is 3.68. The smallest absolute Gasteiger partial charge is 0.243 e. The molecule has 1 aliphatic heterocycles. The maximum Gasteiger partial charge on any atom is 0.243 e. The van der Waals surface area contributed by atoms with Crippen LogP contribution in [0.2, 0.25) is 5.02 Å². The highest BCUT2D eigenvalue weighted by Gasteiger charge is 2.46. The summed E-state index contributed by atoms with van der Waals surface area (Å²) in [5.74, 6) is 0.770. The maximum absolute atomic E-state index is 13.3. The first-order valence-electron chi connectivity index (χ1n) is 14.1. The highest BCUT2D eigenvalue weighted by molar-refractivity contribution is 7.89. The zero-order valence-corrected chi connectivity index (χ0v) is 25.1. The molecule has 1 N–H and O–H groups in total. The van der Waals surface area contributed by atoms with Gasteiger partial charge in [0.1, 0.15) is 5.75 Å². The Balaban J connectivity index is 1.19. The largest absolute Gasteiger partial charge is 0.495 e. The predicted octanol–water partition coefficient (Wildman–Crippen LogP) is 6.36. The van der Waals surface area contributed by atoms with Crippen molar-refractivity contribution in [1.29, 1.82) is 0 Å². The molecule has 2 fully saturated rings. The van der Waals surface area contributed by atoms with E-state index in [1.54, 1.807) is 35.7 Å². The van der Waals surface area contributed by atoms with Crippen LogP contribution in [0.15, 0.2) is 83.9 Å². The second-order valence-corrected chi connectivity index (χ2v) is 13.5. The van der Waals surface area contributed by atoms with Crippen LogP contribution in [0.3, 0.4) is 0 Å². The van der Waals surface area contributed by atoms with E-state index in [4.69, 9.17) is 21.4 Å². The fraction of sp³-hybridized carbons (Fsp3) is 0.312. The number of nitrogens with one attached hydrogen (secondary N) is 1. The number of anilines is 1. The number of nitrogens with zero attached hydrogens (tertiary/aromatic N) is 3. The number of methoxy groups -OCH3 is 1. The van der Waals surface area contributed by atoms with E-state index in [2.05, 4.69) is 12.2 Å². The Labute approximate surface area is 251 Å². The summed E-state index contributed by atoms with van der Waals surface area (Å²) in [6, 6.07) is 21.9. The number of para-hydroxylation sites is 1. The predicted molar refractivity (Wildman–Crippen MR) is 164 cm³/mol. The van der Waals surface area contributed by atoms with Crippen LogP contribution in [0.4, 0.5) is 5.69 Å². The third-order valence-corrected chi connectivity index (χ3v) is 10.4. The highest BCUT2D eigenvalue weighted by Crippen LogP contribution is 2.51. The van der Waals surface area contributed by atoms with Gasteiger partial charge in [0, 0.05) is 47.9 Å². The molecule has 42 heavy (non-hydrogen) atoms. The van der Waals surface area contributed by atoms with Crippen molar-refractivity contribution >= 4 is 33.2 Å². The van der Waals surface area contributed by atoms with Crippen molar-refractivity contribution in [3.63, 3.8) is 0 Å². The Bertz CT molecular complexity index is 1700. The molecular weight excluding hydrogens is 572 g/mol. The Morgan fingerprint density at radius 1 is 1.02 bits per heavy atom. The van der Waals surface area contributed by atoms with E-state index < -0.39 is 10.0 Å². The quantitative estimate of drug-likeness (QED) is 0.252. The average molecular weight is 605 g/mol. The van der Waals surface area contributed by atoms with Crippen molar-refractivity contribution in [3.05, 3.63) is 89.6 Å². The summed E-state index contributed by atoms with van der Waals surface area (Å²) in [4.78, 5) is 13.5. The topological polar surface area (TPSA) is 93.5 Å². The molecule has 2 atom stereocenters. The van der Waals surface area contributed by atoms with E-state index in [0.29, 0.717) is 41.9 Å². The Morgan fingerprint density at radius 3 is 2.40 bits per heavy atom. The standard InChI is InChI=1S/C32H33ClN4O4S/c1-21-14-16-36(17-15-21)42(39,40)25-11-9-23(10-12-25)34-32(38)27-19-26(27)28-20-37(24-6-4-3-5-7-24)35-31(28)22-8-13-30(41-2)29(33)18-22/h3-13,18,20-21,26-27H,14-17,19H2,1-2H3,(H,34,38). The van der Waals surface area contributed by atoms with Gasteiger partial charge in [0.15, 0.2) is 0 Å². The second-order valence-electron chi connectivity index (χ2n) is 11.1. The van der Waals surface area contributed by atoms with E-state index in [-0.39, 0.29) is 22.6 Å². The zero-order chi connectivity index (χ0) is 29.4. The minimum atomic E-state index is -3.54. The summed E-state index contributed by atoms with van der Waals surface area (Å²) in [5, 5.41) is 8.35. The molecule has 0 bridgehead atoms. The van der Waals surface area contributed by atoms with Crippen LogP contribution in [-0.4, -0.2) is 48.6 Å². The molecule has 1 aliphatic carbocycles. The molecule has 1 saturated heterocycles. The van der Waals surface area contributed by atoms with Gasteiger partial charge in [-0.1, -0.05) is 36.7 Å². The first-order chi connectivity index (χ1) is 20.2. The van der Waals surface area contributed by atoms with Gasteiger partial charge in [-0.05, 0) is 79.8 Å². The monoisotopic (exact) mass is 604 g/mol. The van der Waals surface area contributed by atoms with Crippen LogP contribution in [0.5, 0.6) is 5.75 Å². The molecular formula is C32H33ClN4O4S. The highest BCUT2D eigenvalue weighted by atomic mass is 35.5. The number of hydrogen-bond donors (Lipinski definition) is 1. The van der Waals surface area contributed by atoms with Crippen LogP contribution in [0.1, 0.15) is 37.7 Å². The minimum Gasteiger partial charge on any atom is -0.495 e. The van der Waals surface area contributed by atoms with Crippen LogP contribution >= 0.6 is 11.6 Å². The lowest BCUT2D eigenvalue weighted by Crippen LogP contribution is -2.37. The lowest BCUT2D eigenvalue weighted by atomic mass is 10.0. The maximum atomic E-state index is 13.3. The van der Waals surface area contributed by atoms with Crippen LogP contribution in [-0.2, 0) is 14.8 Å². The molecule has 6 rings (SSSR count). The number of amides is 1. The third kappa shape index (κ3) is 5.69. The number of hydrogen-bond acceptors (Lipinski definition) is 5. The molecule has 10 heteroatoms. The number of piperidine rings is 1. The molecule has 3 aromatic carbocycles. The summed E-state index contributed by atoms with van der Waals surface area (Å²) in [7, 11) is -1.97. The SMILES string of the molecule is COc1ccc(-c2nn(-c3ccccc3)cc2C2CC2C(=O)Nc2ccc(S(=O)(=O)N3CCC(C)CC3)cc2)cc1Cl. The first kappa shape index (κ1) is 28.5. The normalized spacial score (nSPS) is 19.4. The number of benzene rings is 3. The molecule has 2 unspecified atom stereocenters. The minimum absolute atomic E-state index is 0.0144. The zero-order valence-electron chi connectivity index (χ0n) is 23.5. The van der Waals surface area contributed by atoms with Gasteiger partial charge in [0.2, 0.25) is 15.9 Å². The lowest BCUT2D eigenvalue weighted by molar-refractivity contribution is -0.117. The van der Waals surface area contributed by atoms with Gasteiger partial charge in [-0.15, -0.1) is 0 Å². The van der Waals surface area contributed by atoms with Gasteiger partial charge in [-0.3, -0.25) is 4.79 Å². The number of rotatable bonds is 8. The fourth-order valence-corrected chi connectivity index (χ4v) is 7.29. The Morgan fingerprint density at radius 2 is 1.74 bits per heavy atom. The summed E-state index contributed by atoms with van der Waals surface area (Å²) < 4.78 is 34.8. The molecule has 8 nitrogen and oxygen atoms in total. The van der Waals surface area contributed by atoms with Crippen molar-refractivity contribution in [3.8, 4) is 22.7 Å². The van der Waals surface area contributed by atoms with Gasteiger partial charge < -0.3 is 10.1 Å². The van der Waals surface area contributed by atoms with E-state index in [9.17, 15) is 13.2 Å². The second kappa shape index (κ2) is 11.6. The van der Waals surface area contributed by atoms with Crippen molar-refractivity contribution in [2.45, 2.75) is 37.0 Å². The van der Waals surface area contributed by atoms with Crippen LogP contribution in [0.25, 0.3) is 16.9 Å². The van der Waals surface area contributed by atoms with Gasteiger partial charge in [-0.2, -0.15) is 9.40 Å². The van der Waals surface area contributed by atoms with E-state index >= 15 is 0 Å². The summed E-state index contributed by atoms with van der Waals surface area (Å²) in [5.41, 5.74) is 4.07. The summed E-state index contributed by atoms with van der Waals surface area (Å²) >= 11 is 6.45. The van der Waals surface area contributed by atoms with Crippen molar-refractivity contribution in [2.24, 2.45) is 11.8 Å². The molecule has 2 heterocycles. The van der Waals surface area contributed by atoms with Crippen molar-refractivity contribution in [1.82, 2.24) is 14.1 Å². The Kier molecular flexibility index (Phi) is 7.83. The lowest BCUT2D eigenvalue weighted by Gasteiger charge is -2.29. The first-order valence-corrected chi connectivity index (χ1v) is 16.0. The molecule has 218 valence electrons. The van der Waals surface area contributed by atoms with Gasteiger partial charge in [-0.25, -0.2) is 13.1 Å². The summed E-state index contributed by atoms with van der Waals surface area (Å²) in [6.45, 7) is 3.23. The molecule has 1 saturated carbocycles. The number of carbonyl (C=O) groups excluding carboxylic acids is 1. The van der Waals surface area contributed by atoms with E-state index in [0.717, 1.165) is 35.3 Å². The molecule has 0 radical (unpaired) electrons. The van der Waals surface area contributed by atoms with E-state index in [1.807, 2.05) is 59.4 Å². The molecule has 4 aromatic rings. The van der Waals surface area contributed by atoms with Gasteiger partial charge >= 0.3 is 0 Å². The van der Waals surface area contributed by atoms with E-state index in [1.165, 1.54) is 0 Å². The number of ether oxygens (including phenoxy) is 1. The van der Waals surface area contributed by atoms with Gasteiger partial charge in [0.25, 0.3) is 0 Å². The van der Waals surface area contributed by atoms with Gasteiger partial charge in [0.05, 0.1) is 28.4 Å². The van der Waals surface area contributed by atoms with Crippen molar-refractivity contribution in [2.75, 3.05) is 25.5 Å². The Hall–Kier alpha value is -3.66. The summed E-state index contributed by atoms with van der Waals surface area (Å²) in [6.07, 6.45) is 4.41. The van der Waals surface area contributed by atoms with Crippen LogP contribution in [0, 0.1) is 11.8 Å². The number of halogens is 1. The molecule has 1 aromatic heterocycles. The van der Waals surface area contributed by atoms with Crippen LogP contribution < -0.4 is 10.1 Å². The third-order valence-electron chi connectivity index (χ3n) is 8.22. The van der Waals surface area contributed by atoms with Crippen molar-refractivity contribution < 1.29 is 17.9 Å². The molecule has 1 amide bonds. The number of carbonyl (C=O) groups is 1. The number of sulfonamides is 1. The molecule has 2 aliphatic rings. The fourth-order valence-electron chi connectivity index (χ4n) is 5.56. The number of aromatic nitrogens is 2. The molecule has 0 spiro atoms.